The Labute approximate surface area is 102 Å². The molecule has 1 amide bonds. The maximum Gasteiger partial charge on any atom is 0.305 e. The van der Waals surface area contributed by atoms with Crippen LogP contribution >= 0.6 is 0 Å². The molecule has 8 nitrogen and oxygen atoms in total. The van der Waals surface area contributed by atoms with Crippen LogP contribution in [0.2, 0.25) is 0 Å². The fraction of sp³-hybridized carbons (Fsp3) is 0.300. The van der Waals surface area contributed by atoms with Gasteiger partial charge in [-0.2, -0.15) is 10.1 Å². The molecule has 0 saturated carbocycles. The molecule has 2 rings (SSSR count). The minimum absolute atomic E-state index is 0.0724. The van der Waals surface area contributed by atoms with Crippen molar-refractivity contribution < 1.29 is 14.7 Å². The van der Waals surface area contributed by atoms with Gasteiger partial charge in [-0.1, -0.05) is 0 Å². The van der Waals surface area contributed by atoms with Gasteiger partial charge in [0.1, 0.15) is 6.33 Å². The van der Waals surface area contributed by atoms with Crippen molar-refractivity contribution in [3.63, 3.8) is 0 Å². The molecule has 2 aromatic rings. The van der Waals surface area contributed by atoms with Gasteiger partial charge in [0, 0.05) is 12.7 Å². The van der Waals surface area contributed by atoms with Gasteiger partial charge in [0.15, 0.2) is 0 Å². The summed E-state index contributed by atoms with van der Waals surface area (Å²) in [5.74, 6) is -0.926. The van der Waals surface area contributed by atoms with Crippen LogP contribution < -0.4 is 5.32 Å². The van der Waals surface area contributed by atoms with Crippen LogP contribution in [0.4, 0.5) is 0 Å². The number of hydrogen-bond acceptors (Lipinski definition) is 5. The third kappa shape index (κ3) is 2.26. The lowest BCUT2D eigenvalue weighted by molar-refractivity contribution is -0.136. The molecule has 8 heteroatoms. The zero-order chi connectivity index (χ0) is 13.1. The van der Waals surface area contributed by atoms with Gasteiger partial charge in [-0.15, -0.1) is 0 Å². The Morgan fingerprint density at radius 2 is 2.22 bits per heavy atom. The number of aryl methyl sites for hydroxylation is 1. The SMILES string of the molecule is Cc1c(C(=O)NCCC(=O)O)cnc2ncnn12. The van der Waals surface area contributed by atoms with E-state index in [1.807, 2.05) is 0 Å². The maximum atomic E-state index is 11.8. The van der Waals surface area contributed by atoms with Gasteiger partial charge in [0.2, 0.25) is 0 Å². The van der Waals surface area contributed by atoms with Gasteiger partial charge in [0.05, 0.1) is 17.7 Å². The molecule has 2 heterocycles. The standard InChI is InChI=1S/C10H11N5O3/c1-6-7(9(18)11-3-2-8(16)17)4-12-10-13-5-14-15(6)10/h4-5H,2-3H2,1H3,(H,11,18)(H,16,17). The lowest BCUT2D eigenvalue weighted by Crippen LogP contribution is -2.27. The van der Waals surface area contributed by atoms with E-state index in [1.54, 1.807) is 6.92 Å². The maximum absolute atomic E-state index is 11.8. The highest BCUT2D eigenvalue weighted by Gasteiger charge is 2.13. The number of aromatic nitrogens is 4. The van der Waals surface area contributed by atoms with Gasteiger partial charge in [-0.25, -0.2) is 9.50 Å². The molecule has 0 aliphatic heterocycles. The molecule has 2 aromatic heterocycles. The monoisotopic (exact) mass is 249 g/mol. The van der Waals surface area contributed by atoms with E-state index in [-0.39, 0.29) is 18.9 Å². The summed E-state index contributed by atoms with van der Waals surface area (Å²) in [6.45, 7) is 1.79. The molecule has 2 N–H and O–H groups in total. The number of hydrogen-bond donors (Lipinski definition) is 2. The first-order chi connectivity index (χ1) is 8.59. The van der Waals surface area contributed by atoms with Crippen LogP contribution in [-0.4, -0.2) is 43.1 Å². The Morgan fingerprint density at radius 1 is 1.44 bits per heavy atom. The zero-order valence-electron chi connectivity index (χ0n) is 9.62. The summed E-state index contributed by atoms with van der Waals surface area (Å²) in [7, 11) is 0. The van der Waals surface area contributed by atoms with Crippen molar-refractivity contribution in [3.05, 3.63) is 23.8 Å². The van der Waals surface area contributed by atoms with Gasteiger partial charge in [0.25, 0.3) is 11.7 Å². The highest BCUT2D eigenvalue weighted by Crippen LogP contribution is 2.07. The predicted molar refractivity (Wildman–Crippen MR) is 60.1 cm³/mol. The molecular weight excluding hydrogens is 238 g/mol. The van der Waals surface area contributed by atoms with Gasteiger partial charge < -0.3 is 10.4 Å². The number of nitrogens with zero attached hydrogens (tertiary/aromatic N) is 4. The molecule has 0 fully saturated rings. The average Bonchev–Trinajstić information content (AvgIpc) is 2.77. The van der Waals surface area contributed by atoms with Crippen molar-refractivity contribution in [2.45, 2.75) is 13.3 Å². The van der Waals surface area contributed by atoms with Gasteiger partial charge in [-0.3, -0.25) is 9.59 Å². The van der Waals surface area contributed by atoms with E-state index in [2.05, 4.69) is 20.4 Å². The number of carboxylic acids is 1. The Balaban J connectivity index is 2.17. The summed E-state index contributed by atoms with van der Waals surface area (Å²) < 4.78 is 1.45. The first kappa shape index (κ1) is 12.0. The molecule has 0 radical (unpaired) electrons. The van der Waals surface area contributed by atoms with Crippen molar-refractivity contribution in [2.75, 3.05) is 6.54 Å². The lowest BCUT2D eigenvalue weighted by Gasteiger charge is -2.06. The number of carbonyl (C=O) groups is 2. The highest BCUT2D eigenvalue weighted by atomic mass is 16.4. The third-order valence-corrected chi connectivity index (χ3v) is 2.42. The smallest absolute Gasteiger partial charge is 0.305 e. The molecular formula is C10H11N5O3. The van der Waals surface area contributed by atoms with E-state index in [4.69, 9.17) is 5.11 Å². The van der Waals surface area contributed by atoms with Crippen molar-refractivity contribution in [1.82, 2.24) is 24.9 Å². The summed E-state index contributed by atoms with van der Waals surface area (Å²) >= 11 is 0. The first-order valence-corrected chi connectivity index (χ1v) is 5.25. The molecule has 0 aliphatic carbocycles. The second-order valence-corrected chi connectivity index (χ2v) is 3.63. The summed E-state index contributed by atoms with van der Waals surface area (Å²) in [6, 6.07) is 0. The molecule has 0 spiro atoms. The van der Waals surface area contributed by atoms with Crippen LogP contribution in [0.25, 0.3) is 5.78 Å². The molecule has 0 unspecified atom stereocenters. The summed E-state index contributed by atoms with van der Waals surface area (Å²) in [6.07, 6.45) is 2.63. The minimum Gasteiger partial charge on any atom is -0.481 e. The highest BCUT2D eigenvalue weighted by molar-refractivity contribution is 5.95. The summed E-state index contributed by atoms with van der Waals surface area (Å²) in [4.78, 5) is 30.0. The fourth-order valence-electron chi connectivity index (χ4n) is 1.49. The number of amides is 1. The molecule has 94 valence electrons. The molecule has 18 heavy (non-hydrogen) atoms. The Kier molecular flexibility index (Phi) is 3.18. The van der Waals surface area contributed by atoms with Gasteiger partial charge in [-0.05, 0) is 6.92 Å². The van der Waals surface area contributed by atoms with Crippen LogP contribution in [0.1, 0.15) is 22.5 Å². The summed E-state index contributed by atoms with van der Waals surface area (Å²) in [5, 5.41) is 14.9. The molecule has 0 atom stereocenters. The van der Waals surface area contributed by atoms with Crippen LogP contribution in [0.15, 0.2) is 12.5 Å². The Morgan fingerprint density at radius 3 is 2.94 bits per heavy atom. The average molecular weight is 249 g/mol. The number of nitrogens with one attached hydrogen (secondary N) is 1. The van der Waals surface area contributed by atoms with E-state index in [0.29, 0.717) is 17.0 Å². The van der Waals surface area contributed by atoms with E-state index < -0.39 is 5.97 Å². The fourth-order valence-corrected chi connectivity index (χ4v) is 1.49. The van der Waals surface area contributed by atoms with Crippen LogP contribution in [0, 0.1) is 6.92 Å². The minimum atomic E-state index is -0.961. The van der Waals surface area contributed by atoms with E-state index in [9.17, 15) is 9.59 Å². The van der Waals surface area contributed by atoms with Crippen molar-refractivity contribution in [1.29, 1.82) is 0 Å². The second kappa shape index (κ2) is 4.78. The van der Waals surface area contributed by atoms with Crippen molar-refractivity contribution in [2.24, 2.45) is 0 Å². The molecule has 0 aliphatic rings. The van der Waals surface area contributed by atoms with Gasteiger partial charge >= 0.3 is 5.97 Å². The second-order valence-electron chi connectivity index (χ2n) is 3.63. The number of carbonyl (C=O) groups excluding carboxylic acids is 1. The zero-order valence-corrected chi connectivity index (χ0v) is 9.62. The Bertz CT molecular complexity index is 607. The van der Waals surface area contributed by atoms with Crippen LogP contribution in [-0.2, 0) is 4.79 Å². The molecule has 0 bridgehead atoms. The summed E-state index contributed by atoms with van der Waals surface area (Å²) in [5.41, 5.74) is 0.948. The predicted octanol–water partition coefficient (Wildman–Crippen LogP) is -0.363. The number of fused-ring (bicyclic) bond motifs is 1. The van der Waals surface area contributed by atoms with E-state index >= 15 is 0 Å². The van der Waals surface area contributed by atoms with Crippen molar-refractivity contribution >= 4 is 17.7 Å². The molecule has 0 saturated heterocycles. The largest absolute Gasteiger partial charge is 0.481 e. The van der Waals surface area contributed by atoms with Crippen LogP contribution in [0.3, 0.4) is 0 Å². The number of aliphatic carboxylic acids is 1. The quantitative estimate of drug-likeness (QED) is 0.765. The van der Waals surface area contributed by atoms with Crippen LogP contribution in [0.5, 0.6) is 0 Å². The number of rotatable bonds is 4. The molecule has 0 aromatic carbocycles. The normalized spacial score (nSPS) is 10.5. The Hall–Kier alpha value is -2.51. The van der Waals surface area contributed by atoms with E-state index in [1.165, 1.54) is 17.0 Å². The topological polar surface area (TPSA) is 109 Å². The van der Waals surface area contributed by atoms with E-state index in [0.717, 1.165) is 0 Å². The van der Waals surface area contributed by atoms with Crippen molar-refractivity contribution in [3.8, 4) is 0 Å². The third-order valence-electron chi connectivity index (χ3n) is 2.42. The number of carboxylic acid groups (broad SMARTS) is 1. The lowest BCUT2D eigenvalue weighted by atomic mass is 10.2. The first-order valence-electron chi connectivity index (χ1n) is 5.25.